The van der Waals surface area contributed by atoms with Gasteiger partial charge in [-0.05, 0) is 10.3 Å². The van der Waals surface area contributed by atoms with Crippen LogP contribution >= 0.6 is 0 Å². The van der Waals surface area contributed by atoms with E-state index in [1.165, 1.54) is 9.58 Å². The Morgan fingerprint density at radius 2 is 2.14 bits per heavy atom. The summed E-state index contributed by atoms with van der Waals surface area (Å²) < 4.78 is 11.2. The number of carbonyl (C=O) groups excluding carboxylic acids is 1. The van der Waals surface area contributed by atoms with Crippen LogP contribution < -0.4 is 21.9 Å². The molecule has 1 saturated heterocycles. The van der Waals surface area contributed by atoms with Crippen LogP contribution in [0.2, 0.25) is 0 Å². The van der Waals surface area contributed by atoms with Crippen molar-refractivity contribution in [3.05, 3.63) is 11.4 Å². The van der Waals surface area contributed by atoms with Gasteiger partial charge >= 0.3 is 0 Å². The van der Waals surface area contributed by atoms with Gasteiger partial charge in [0.05, 0.1) is 13.2 Å². The van der Waals surface area contributed by atoms with Gasteiger partial charge in [-0.2, -0.15) is 4.68 Å². The zero-order valence-corrected chi connectivity index (χ0v) is 11.7. The van der Waals surface area contributed by atoms with Crippen molar-refractivity contribution in [1.29, 1.82) is 0 Å². The summed E-state index contributed by atoms with van der Waals surface area (Å²) in [6, 6.07) is 0. The first kappa shape index (κ1) is 14.4. The Hall–Kier alpha value is -2.57. The van der Waals surface area contributed by atoms with Gasteiger partial charge in [0, 0.05) is 0 Å². The van der Waals surface area contributed by atoms with E-state index in [0.29, 0.717) is 25.5 Å². The van der Waals surface area contributed by atoms with Crippen LogP contribution in [-0.4, -0.2) is 57.5 Å². The molecule has 12 nitrogen and oxygen atoms in total. The van der Waals surface area contributed by atoms with E-state index in [0.717, 1.165) is 13.1 Å². The lowest BCUT2D eigenvalue weighted by atomic mass is 10.2. The van der Waals surface area contributed by atoms with Crippen LogP contribution in [0.5, 0.6) is 0 Å². The first-order valence-electron chi connectivity index (χ1n) is 6.66. The predicted octanol–water partition coefficient (Wildman–Crippen LogP) is -3.75. The van der Waals surface area contributed by atoms with Crippen molar-refractivity contribution in [1.82, 2.24) is 30.7 Å². The molecular weight excluding hydrogens is 294 g/mol. The van der Waals surface area contributed by atoms with Crippen molar-refractivity contribution < 1.29 is 19.1 Å². The minimum atomic E-state index is -0.538. The van der Waals surface area contributed by atoms with E-state index in [4.69, 9.17) is 16.3 Å². The maximum Gasteiger partial charge on any atom is 0.287 e. The van der Waals surface area contributed by atoms with Crippen molar-refractivity contribution in [2.45, 2.75) is 6.54 Å². The number of nitrogens with two attached hydrogens (primary N) is 2. The summed E-state index contributed by atoms with van der Waals surface area (Å²) in [7, 11) is 0. The van der Waals surface area contributed by atoms with Crippen molar-refractivity contribution in [2.75, 3.05) is 32.0 Å². The minimum absolute atomic E-state index is 0.0582. The molecule has 12 heteroatoms. The van der Waals surface area contributed by atoms with Gasteiger partial charge in [-0.25, -0.2) is 10.5 Å². The van der Waals surface area contributed by atoms with Crippen LogP contribution in [0.25, 0.3) is 5.82 Å². The average Bonchev–Trinajstić information content (AvgIpc) is 3.13. The van der Waals surface area contributed by atoms with Gasteiger partial charge in [-0.15, -0.1) is 5.10 Å². The lowest BCUT2D eigenvalue weighted by Crippen LogP contribution is -3.12. The van der Waals surface area contributed by atoms with Crippen molar-refractivity contribution in [3.63, 3.8) is 0 Å². The molecule has 0 unspecified atom stereocenters. The Balaban J connectivity index is 1.97. The normalized spacial score (nSPS) is 15.9. The lowest BCUT2D eigenvalue weighted by molar-refractivity contribution is -0.921. The maximum absolute atomic E-state index is 11.9. The molecule has 0 aromatic carbocycles. The molecule has 0 saturated carbocycles. The van der Waals surface area contributed by atoms with E-state index in [1.807, 2.05) is 0 Å². The highest BCUT2D eigenvalue weighted by atomic mass is 16.6. The Morgan fingerprint density at radius 1 is 1.36 bits per heavy atom. The third-order valence-corrected chi connectivity index (χ3v) is 3.42. The van der Waals surface area contributed by atoms with Crippen molar-refractivity contribution >= 4 is 11.7 Å². The SMILES string of the molecule is NNC(=O)c1nnn(-c2nonc2N)c1C[NH+]1CCOCC1. The second kappa shape index (κ2) is 6.05. The van der Waals surface area contributed by atoms with Crippen molar-refractivity contribution in [2.24, 2.45) is 5.84 Å². The first-order chi connectivity index (χ1) is 10.7. The monoisotopic (exact) mass is 310 g/mol. The van der Waals surface area contributed by atoms with Crippen LogP contribution in [0, 0.1) is 0 Å². The number of nitrogens with zero attached hydrogens (tertiary/aromatic N) is 5. The fourth-order valence-electron chi connectivity index (χ4n) is 2.29. The third-order valence-electron chi connectivity index (χ3n) is 3.42. The number of nitrogen functional groups attached to an aromatic ring is 2. The van der Waals surface area contributed by atoms with E-state index >= 15 is 0 Å². The molecule has 1 amide bonds. The molecule has 1 aliphatic heterocycles. The summed E-state index contributed by atoms with van der Waals surface area (Å²) in [5.41, 5.74) is 8.38. The quantitative estimate of drug-likeness (QED) is 0.252. The molecule has 2 aromatic heterocycles. The summed E-state index contributed by atoms with van der Waals surface area (Å²) in [6.07, 6.45) is 0. The number of amides is 1. The minimum Gasteiger partial charge on any atom is -0.378 e. The lowest BCUT2D eigenvalue weighted by Gasteiger charge is -2.23. The molecule has 1 aliphatic rings. The fraction of sp³-hybridized carbons (Fsp3) is 0.500. The smallest absolute Gasteiger partial charge is 0.287 e. The number of nitrogens with one attached hydrogen (secondary N) is 2. The summed E-state index contributed by atoms with van der Waals surface area (Å²) in [5.74, 6) is 4.90. The molecule has 2 aromatic rings. The van der Waals surface area contributed by atoms with Gasteiger partial charge < -0.3 is 15.4 Å². The number of anilines is 1. The number of morpholine rings is 1. The largest absolute Gasteiger partial charge is 0.378 e. The summed E-state index contributed by atoms with van der Waals surface area (Å²) in [5, 5.41) is 15.0. The van der Waals surface area contributed by atoms with E-state index < -0.39 is 5.91 Å². The van der Waals surface area contributed by atoms with Gasteiger partial charge in [0.25, 0.3) is 5.91 Å². The fourth-order valence-corrected chi connectivity index (χ4v) is 2.29. The molecule has 0 spiro atoms. The number of aromatic nitrogens is 5. The maximum atomic E-state index is 11.9. The third kappa shape index (κ3) is 2.61. The molecule has 0 atom stereocenters. The number of quaternary nitrogens is 1. The molecule has 118 valence electrons. The number of hydrogen-bond donors (Lipinski definition) is 4. The second-order valence-electron chi connectivity index (χ2n) is 4.78. The molecule has 3 heterocycles. The Bertz CT molecular complexity index is 660. The highest BCUT2D eigenvalue weighted by molar-refractivity contribution is 5.92. The number of ether oxygens (including phenoxy) is 1. The van der Waals surface area contributed by atoms with E-state index in [9.17, 15) is 4.79 Å². The zero-order valence-electron chi connectivity index (χ0n) is 11.7. The Labute approximate surface area is 124 Å². The number of rotatable bonds is 4. The van der Waals surface area contributed by atoms with Crippen LogP contribution in [0.4, 0.5) is 5.82 Å². The van der Waals surface area contributed by atoms with Gasteiger partial charge in [-0.1, -0.05) is 5.21 Å². The average molecular weight is 310 g/mol. The number of hydrazine groups is 1. The van der Waals surface area contributed by atoms with E-state index in [1.54, 1.807) is 0 Å². The van der Waals surface area contributed by atoms with Crippen LogP contribution in [0.3, 0.4) is 0 Å². The van der Waals surface area contributed by atoms with Gasteiger partial charge in [-0.3, -0.25) is 10.2 Å². The molecule has 1 fully saturated rings. The summed E-state index contributed by atoms with van der Waals surface area (Å²) in [6.45, 7) is 3.42. The molecule has 0 aliphatic carbocycles. The molecule has 6 N–H and O–H groups in total. The van der Waals surface area contributed by atoms with Gasteiger partial charge in [0.15, 0.2) is 5.69 Å². The number of hydrogen-bond acceptors (Lipinski definition) is 9. The standard InChI is InChI=1S/C10H15N9O3/c11-8-9(16-22-15-8)19-6(5-18-1-3-21-4-2-18)7(14-17-19)10(20)13-12/h1-5,12H2,(H2,11,15)(H,13,20)/p+1. The van der Waals surface area contributed by atoms with Crippen molar-refractivity contribution in [3.8, 4) is 5.82 Å². The van der Waals surface area contributed by atoms with Crippen LogP contribution in [0.1, 0.15) is 16.2 Å². The second-order valence-corrected chi connectivity index (χ2v) is 4.78. The molecule has 22 heavy (non-hydrogen) atoms. The predicted molar refractivity (Wildman–Crippen MR) is 70.5 cm³/mol. The molecule has 3 rings (SSSR count). The topological polar surface area (TPSA) is 164 Å². The summed E-state index contributed by atoms with van der Waals surface area (Å²) >= 11 is 0. The highest BCUT2D eigenvalue weighted by Crippen LogP contribution is 2.15. The summed E-state index contributed by atoms with van der Waals surface area (Å²) in [4.78, 5) is 13.1. The molecular formula is C10H16N9O3+. The Morgan fingerprint density at radius 3 is 2.77 bits per heavy atom. The molecule has 0 radical (unpaired) electrons. The Kier molecular flexibility index (Phi) is 3.95. The first-order valence-corrected chi connectivity index (χ1v) is 6.66. The van der Waals surface area contributed by atoms with Gasteiger partial charge in [0.2, 0.25) is 11.6 Å². The van der Waals surface area contributed by atoms with Gasteiger partial charge in [0.1, 0.15) is 25.3 Å². The zero-order chi connectivity index (χ0) is 15.5. The number of carbonyl (C=O) groups is 1. The van der Waals surface area contributed by atoms with E-state index in [-0.39, 0.29) is 17.3 Å². The highest BCUT2D eigenvalue weighted by Gasteiger charge is 2.27. The van der Waals surface area contributed by atoms with E-state index in [2.05, 4.69) is 30.7 Å². The van der Waals surface area contributed by atoms with Crippen LogP contribution in [-0.2, 0) is 11.3 Å². The van der Waals surface area contributed by atoms with Crippen LogP contribution in [0.15, 0.2) is 4.63 Å². The molecule has 0 bridgehead atoms.